The van der Waals surface area contributed by atoms with Crippen LogP contribution >= 0.6 is 0 Å². The molecule has 1 heterocycles. The molecular formula is C19H19N3O3. The Bertz CT molecular complexity index is 802. The lowest BCUT2D eigenvalue weighted by molar-refractivity contribution is -0.140. The molecule has 0 N–H and O–H groups in total. The SMILES string of the molecule is Cc1ccc(N2C(=O)C(=O)N(CN(C)Cc3ccccc3)C2=O)cc1. The average molecular weight is 337 g/mol. The highest BCUT2D eigenvalue weighted by molar-refractivity contribution is 6.52. The number of carbonyl (C=O) groups excluding carboxylic acids is 3. The second-order valence-corrected chi connectivity index (χ2v) is 6.13. The van der Waals surface area contributed by atoms with Gasteiger partial charge in [0, 0.05) is 6.54 Å². The summed E-state index contributed by atoms with van der Waals surface area (Å²) in [6, 6.07) is 16.0. The van der Waals surface area contributed by atoms with Crippen LogP contribution in [0, 0.1) is 6.92 Å². The lowest BCUT2D eigenvalue weighted by Gasteiger charge is -2.22. The first-order valence-electron chi connectivity index (χ1n) is 7.96. The number of carbonyl (C=O) groups is 3. The molecular weight excluding hydrogens is 318 g/mol. The zero-order chi connectivity index (χ0) is 18.0. The van der Waals surface area contributed by atoms with Gasteiger partial charge in [0.1, 0.15) is 0 Å². The average Bonchev–Trinajstić information content (AvgIpc) is 2.80. The summed E-state index contributed by atoms with van der Waals surface area (Å²) >= 11 is 0. The predicted octanol–water partition coefficient (Wildman–Crippen LogP) is 2.38. The zero-order valence-electron chi connectivity index (χ0n) is 14.2. The van der Waals surface area contributed by atoms with Crippen LogP contribution in [0.1, 0.15) is 11.1 Å². The van der Waals surface area contributed by atoms with Gasteiger partial charge in [-0.05, 0) is 31.7 Å². The Hall–Kier alpha value is -2.99. The Morgan fingerprint density at radius 2 is 1.52 bits per heavy atom. The lowest BCUT2D eigenvalue weighted by atomic mass is 10.2. The van der Waals surface area contributed by atoms with Crippen LogP contribution in [0.25, 0.3) is 0 Å². The number of urea groups is 1. The highest BCUT2D eigenvalue weighted by Crippen LogP contribution is 2.22. The minimum atomic E-state index is -0.818. The van der Waals surface area contributed by atoms with E-state index in [4.69, 9.17) is 0 Å². The van der Waals surface area contributed by atoms with E-state index in [0.29, 0.717) is 12.2 Å². The van der Waals surface area contributed by atoms with E-state index in [1.165, 1.54) is 0 Å². The molecule has 0 atom stereocenters. The molecule has 2 aromatic carbocycles. The molecule has 1 fully saturated rings. The van der Waals surface area contributed by atoms with Gasteiger partial charge in [0.25, 0.3) is 0 Å². The molecule has 4 amide bonds. The summed E-state index contributed by atoms with van der Waals surface area (Å²) < 4.78 is 0. The fourth-order valence-electron chi connectivity index (χ4n) is 2.74. The number of anilines is 1. The molecule has 3 rings (SSSR count). The van der Waals surface area contributed by atoms with E-state index in [-0.39, 0.29) is 6.67 Å². The molecule has 0 radical (unpaired) electrons. The fraction of sp³-hybridized carbons (Fsp3) is 0.211. The zero-order valence-corrected chi connectivity index (χ0v) is 14.2. The third-order valence-electron chi connectivity index (χ3n) is 4.02. The first-order chi connectivity index (χ1) is 12.0. The van der Waals surface area contributed by atoms with E-state index in [1.54, 1.807) is 31.3 Å². The number of amides is 4. The van der Waals surface area contributed by atoms with E-state index in [2.05, 4.69) is 0 Å². The van der Waals surface area contributed by atoms with Crippen LogP contribution < -0.4 is 4.90 Å². The highest BCUT2D eigenvalue weighted by Gasteiger charge is 2.45. The van der Waals surface area contributed by atoms with Crippen molar-refractivity contribution in [3.8, 4) is 0 Å². The van der Waals surface area contributed by atoms with Crippen molar-refractivity contribution in [2.24, 2.45) is 0 Å². The summed E-state index contributed by atoms with van der Waals surface area (Å²) in [5.74, 6) is -1.62. The number of imide groups is 2. The summed E-state index contributed by atoms with van der Waals surface area (Å²) in [5, 5.41) is 0. The Morgan fingerprint density at radius 3 is 2.16 bits per heavy atom. The molecule has 0 saturated carbocycles. The Balaban J connectivity index is 1.74. The summed E-state index contributed by atoms with van der Waals surface area (Å²) in [7, 11) is 1.80. The molecule has 1 aliphatic heterocycles. The van der Waals surface area contributed by atoms with E-state index >= 15 is 0 Å². The van der Waals surface area contributed by atoms with Crippen molar-refractivity contribution in [3.63, 3.8) is 0 Å². The van der Waals surface area contributed by atoms with Crippen LogP contribution in [0.2, 0.25) is 0 Å². The molecule has 128 valence electrons. The third-order valence-corrected chi connectivity index (χ3v) is 4.02. The van der Waals surface area contributed by atoms with Gasteiger partial charge in [-0.2, -0.15) is 0 Å². The van der Waals surface area contributed by atoms with Gasteiger partial charge in [-0.15, -0.1) is 0 Å². The van der Waals surface area contributed by atoms with Crippen LogP contribution in [0.3, 0.4) is 0 Å². The maximum absolute atomic E-state index is 12.6. The molecule has 6 heteroatoms. The summed E-state index contributed by atoms with van der Waals surface area (Å²) in [4.78, 5) is 40.8. The molecule has 25 heavy (non-hydrogen) atoms. The van der Waals surface area contributed by atoms with Gasteiger partial charge in [0.05, 0.1) is 12.4 Å². The topological polar surface area (TPSA) is 60.9 Å². The molecule has 0 bridgehead atoms. The van der Waals surface area contributed by atoms with Crippen molar-refractivity contribution >= 4 is 23.5 Å². The van der Waals surface area contributed by atoms with E-state index < -0.39 is 17.8 Å². The van der Waals surface area contributed by atoms with Crippen LogP contribution in [-0.4, -0.2) is 41.4 Å². The van der Waals surface area contributed by atoms with Gasteiger partial charge in [0.2, 0.25) is 0 Å². The Kier molecular flexibility index (Phi) is 4.63. The van der Waals surface area contributed by atoms with Crippen molar-refractivity contribution in [1.82, 2.24) is 9.80 Å². The van der Waals surface area contributed by atoms with Gasteiger partial charge >= 0.3 is 17.8 Å². The molecule has 2 aromatic rings. The first-order valence-corrected chi connectivity index (χ1v) is 7.96. The van der Waals surface area contributed by atoms with Crippen LogP contribution in [-0.2, 0) is 16.1 Å². The normalized spacial score (nSPS) is 14.8. The molecule has 0 unspecified atom stereocenters. The predicted molar refractivity (Wildman–Crippen MR) is 93.7 cm³/mol. The van der Waals surface area contributed by atoms with Crippen molar-refractivity contribution in [2.45, 2.75) is 13.5 Å². The van der Waals surface area contributed by atoms with Crippen molar-refractivity contribution < 1.29 is 14.4 Å². The number of hydrogen-bond donors (Lipinski definition) is 0. The molecule has 0 aromatic heterocycles. The van der Waals surface area contributed by atoms with Gasteiger partial charge in [-0.1, -0.05) is 48.0 Å². The largest absolute Gasteiger partial charge is 0.340 e. The van der Waals surface area contributed by atoms with Crippen LogP contribution in [0.4, 0.5) is 10.5 Å². The number of benzene rings is 2. The quantitative estimate of drug-likeness (QED) is 0.621. The minimum Gasteiger partial charge on any atom is -0.284 e. The Morgan fingerprint density at radius 1 is 0.880 bits per heavy atom. The van der Waals surface area contributed by atoms with Crippen LogP contribution in [0.5, 0.6) is 0 Å². The number of aryl methyl sites for hydroxylation is 1. The van der Waals surface area contributed by atoms with Gasteiger partial charge < -0.3 is 0 Å². The van der Waals surface area contributed by atoms with E-state index in [9.17, 15) is 14.4 Å². The maximum Gasteiger partial charge on any atom is 0.340 e. The summed E-state index contributed by atoms with van der Waals surface area (Å²) in [6.07, 6.45) is 0. The number of hydrogen-bond acceptors (Lipinski definition) is 4. The van der Waals surface area contributed by atoms with E-state index in [0.717, 1.165) is 20.9 Å². The second kappa shape index (κ2) is 6.86. The molecule has 1 saturated heterocycles. The maximum atomic E-state index is 12.6. The second-order valence-electron chi connectivity index (χ2n) is 6.13. The Labute approximate surface area is 146 Å². The number of rotatable bonds is 5. The van der Waals surface area contributed by atoms with Crippen molar-refractivity contribution in [2.75, 3.05) is 18.6 Å². The molecule has 0 aliphatic carbocycles. The number of nitrogens with zero attached hydrogens (tertiary/aromatic N) is 3. The summed E-state index contributed by atoms with van der Waals surface area (Å²) in [6.45, 7) is 2.53. The van der Waals surface area contributed by atoms with E-state index in [1.807, 2.05) is 42.2 Å². The smallest absolute Gasteiger partial charge is 0.284 e. The van der Waals surface area contributed by atoms with Gasteiger partial charge in [-0.25, -0.2) is 14.6 Å². The fourth-order valence-corrected chi connectivity index (χ4v) is 2.74. The van der Waals surface area contributed by atoms with Crippen molar-refractivity contribution in [3.05, 3.63) is 65.7 Å². The van der Waals surface area contributed by atoms with Crippen molar-refractivity contribution in [1.29, 1.82) is 0 Å². The van der Waals surface area contributed by atoms with Gasteiger partial charge in [-0.3, -0.25) is 14.5 Å². The molecule has 0 spiro atoms. The standard InChI is InChI=1S/C19H19N3O3/c1-14-8-10-16(11-9-14)22-18(24)17(23)21(19(22)25)13-20(2)12-15-6-4-3-5-7-15/h3-11H,12-13H2,1-2H3. The van der Waals surface area contributed by atoms with Crippen LogP contribution in [0.15, 0.2) is 54.6 Å². The third kappa shape index (κ3) is 3.44. The summed E-state index contributed by atoms with van der Waals surface area (Å²) in [5.41, 5.74) is 2.47. The highest BCUT2D eigenvalue weighted by atomic mass is 16.2. The minimum absolute atomic E-state index is 0.0562. The molecule has 6 nitrogen and oxygen atoms in total. The first kappa shape index (κ1) is 16.9. The molecule has 1 aliphatic rings. The monoisotopic (exact) mass is 337 g/mol. The lowest BCUT2D eigenvalue weighted by Crippen LogP contribution is -2.40. The van der Waals surface area contributed by atoms with Gasteiger partial charge in [0.15, 0.2) is 0 Å².